The Kier molecular flexibility index (Phi) is 4.27. The van der Waals surface area contributed by atoms with E-state index >= 15 is 0 Å². The number of carbonyl (C=O) groups is 1. The Morgan fingerprint density at radius 3 is 2.75 bits per heavy atom. The van der Waals surface area contributed by atoms with Gasteiger partial charge in [0.2, 0.25) is 0 Å². The third-order valence-corrected chi connectivity index (χ3v) is 3.41. The van der Waals surface area contributed by atoms with Crippen molar-refractivity contribution in [3.63, 3.8) is 0 Å². The smallest absolute Gasteiger partial charge is 0.287 e. The van der Waals surface area contributed by atoms with E-state index in [0.717, 1.165) is 29.2 Å². The molecule has 0 saturated heterocycles. The molecule has 2 rings (SSSR count). The molecule has 0 saturated carbocycles. The number of hydrogen-bond donors (Lipinski definition) is 1. The molecule has 0 bridgehead atoms. The second-order valence-corrected chi connectivity index (χ2v) is 5.03. The molecule has 0 fully saturated rings. The minimum absolute atomic E-state index is 0.138. The zero-order valence-electron chi connectivity index (χ0n) is 12.3. The number of hydrogen-bond acceptors (Lipinski definition) is 4. The fourth-order valence-electron chi connectivity index (χ4n) is 1.92. The number of aryl methyl sites for hydroxylation is 2. The van der Waals surface area contributed by atoms with Gasteiger partial charge >= 0.3 is 0 Å². The lowest BCUT2D eigenvalue weighted by molar-refractivity contribution is 0.0909. The van der Waals surface area contributed by atoms with Crippen molar-refractivity contribution in [1.82, 2.24) is 10.5 Å². The summed E-state index contributed by atoms with van der Waals surface area (Å²) in [5.74, 6) is 1.68. The first-order valence-corrected chi connectivity index (χ1v) is 6.82. The van der Waals surface area contributed by atoms with E-state index in [4.69, 9.17) is 8.94 Å². The molecule has 20 heavy (non-hydrogen) atoms. The predicted molar refractivity (Wildman–Crippen MR) is 74.7 cm³/mol. The van der Waals surface area contributed by atoms with Crippen LogP contribution in [0.25, 0.3) is 0 Å². The highest BCUT2D eigenvalue weighted by Gasteiger charge is 2.15. The normalized spacial score (nSPS) is 12.4. The van der Waals surface area contributed by atoms with Gasteiger partial charge in [0.05, 0.1) is 5.69 Å². The summed E-state index contributed by atoms with van der Waals surface area (Å²) in [7, 11) is 0. The third kappa shape index (κ3) is 3.10. The standard InChI is InChI=1S/C15H20N2O3/c1-5-9(2)16-15(18)14-7-6-12(19-14)8-13-10(3)17-20-11(13)4/h6-7,9H,5,8H2,1-4H3,(H,16,18)/t9-/m1/s1. The van der Waals surface area contributed by atoms with Gasteiger partial charge in [-0.15, -0.1) is 0 Å². The van der Waals surface area contributed by atoms with Gasteiger partial charge in [-0.2, -0.15) is 0 Å². The van der Waals surface area contributed by atoms with E-state index in [1.807, 2.05) is 33.8 Å². The molecule has 2 heterocycles. The van der Waals surface area contributed by atoms with Crippen molar-refractivity contribution < 1.29 is 13.7 Å². The average Bonchev–Trinajstić information content (AvgIpc) is 3.01. The predicted octanol–water partition coefficient (Wildman–Crippen LogP) is 3.00. The molecule has 2 aromatic rings. The molecule has 5 nitrogen and oxygen atoms in total. The van der Waals surface area contributed by atoms with Gasteiger partial charge in [0.1, 0.15) is 11.5 Å². The second kappa shape index (κ2) is 5.94. The molecule has 1 atom stereocenters. The molecule has 108 valence electrons. The number of carbonyl (C=O) groups excluding carboxylic acids is 1. The minimum Gasteiger partial charge on any atom is -0.456 e. The summed E-state index contributed by atoms with van der Waals surface area (Å²) < 4.78 is 10.7. The highest BCUT2D eigenvalue weighted by Crippen LogP contribution is 2.19. The van der Waals surface area contributed by atoms with Crippen LogP contribution in [0.1, 0.15) is 53.6 Å². The quantitative estimate of drug-likeness (QED) is 0.911. The maximum Gasteiger partial charge on any atom is 0.287 e. The molecule has 0 aliphatic heterocycles. The maximum atomic E-state index is 11.9. The van der Waals surface area contributed by atoms with E-state index in [1.54, 1.807) is 6.07 Å². The molecule has 0 aromatic carbocycles. The summed E-state index contributed by atoms with van der Waals surface area (Å²) in [6.45, 7) is 7.75. The molecule has 5 heteroatoms. The summed E-state index contributed by atoms with van der Waals surface area (Å²) in [5.41, 5.74) is 1.86. The van der Waals surface area contributed by atoms with E-state index in [9.17, 15) is 4.79 Å². The van der Waals surface area contributed by atoms with E-state index in [1.165, 1.54) is 0 Å². The Hall–Kier alpha value is -2.04. The Bertz CT molecular complexity index is 579. The van der Waals surface area contributed by atoms with Crippen molar-refractivity contribution in [2.45, 2.75) is 46.6 Å². The zero-order chi connectivity index (χ0) is 14.7. The zero-order valence-corrected chi connectivity index (χ0v) is 12.3. The Morgan fingerprint density at radius 2 is 2.15 bits per heavy atom. The number of nitrogens with zero attached hydrogens (tertiary/aromatic N) is 1. The molecule has 0 aliphatic carbocycles. The lowest BCUT2D eigenvalue weighted by Crippen LogP contribution is -2.31. The third-order valence-electron chi connectivity index (χ3n) is 3.41. The number of furan rings is 1. The van der Waals surface area contributed by atoms with E-state index < -0.39 is 0 Å². The van der Waals surface area contributed by atoms with Gasteiger partial charge in [-0.3, -0.25) is 4.79 Å². The van der Waals surface area contributed by atoms with Crippen LogP contribution in [-0.4, -0.2) is 17.1 Å². The lowest BCUT2D eigenvalue weighted by atomic mass is 10.1. The van der Waals surface area contributed by atoms with Crippen LogP contribution in [0.4, 0.5) is 0 Å². The van der Waals surface area contributed by atoms with E-state index in [2.05, 4.69) is 10.5 Å². The SMILES string of the molecule is CC[C@@H](C)NC(=O)c1ccc(Cc2c(C)noc2C)o1. The first-order chi connectivity index (χ1) is 9.51. The lowest BCUT2D eigenvalue weighted by Gasteiger charge is -2.09. The molecular weight excluding hydrogens is 256 g/mol. The van der Waals surface area contributed by atoms with Crippen LogP contribution in [-0.2, 0) is 6.42 Å². The molecular formula is C15H20N2O3. The first-order valence-electron chi connectivity index (χ1n) is 6.82. The van der Waals surface area contributed by atoms with E-state index in [-0.39, 0.29) is 11.9 Å². The minimum atomic E-state index is -0.177. The van der Waals surface area contributed by atoms with E-state index in [0.29, 0.717) is 12.2 Å². The molecule has 0 radical (unpaired) electrons. The summed E-state index contributed by atoms with van der Waals surface area (Å²) in [4.78, 5) is 11.9. The van der Waals surface area contributed by atoms with Gasteiger partial charge in [0.25, 0.3) is 5.91 Å². The van der Waals surface area contributed by atoms with Gasteiger partial charge in [0, 0.05) is 18.0 Å². The second-order valence-electron chi connectivity index (χ2n) is 5.03. The molecule has 1 amide bonds. The van der Waals surface area contributed by atoms with Crippen LogP contribution in [0, 0.1) is 13.8 Å². The van der Waals surface area contributed by atoms with Gasteiger partial charge < -0.3 is 14.3 Å². The number of aromatic nitrogens is 1. The van der Waals surface area contributed by atoms with Gasteiger partial charge in [-0.05, 0) is 39.3 Å². The average molecular weight is 276 g/mol. The first kappa shape index (κ1) is 14.4. The number of amides is 1. The van der Waals surface area contributed by atoms with Crippen LogP contribution in [0.2, 0.25) is 0 Å². The monoisotopic (exact) mass is 276 g/mol. The van der Waals surface area contributed by atoms with Crippen molar-refractivity contribution >= 4 is 5.91 Å². The van der Waals surface area contributed by atoms with Crippen molar-refractivity contribution in [2.24, 2.45) is 0 Å². The topological polar surface area (TPSA) is 68.3 Å². The molecule has 0 aliphatic rings. The van der Waals surface area contributed by atoms with Gasteiger partial charge in [-0.25, -0.2) is 0 Å². The van der Waals surface area contributed by atoms with Crippen molar-refractivity contribution in [2.75, 3.05) is 0 Å². The van der Waals surface area contributed by atoms with Crippen LogP contribution in [0.5, 0.6) is 0 Å². The molecule has 1 N–H and O–H groups in total. The summed E-state index contributed by atoms with van der Waals surface area (Å²) in [6.07, 6.45) is 1.47. The van der Waals surface area contributed by atoms with Crippen LogP contribution in [0.15, 0.2) is 21.1 Å². The molecule has 0 unspecified atom stereocenters. The Labute approximate surface area is 118 Å². The number of rotatable bonds is 5. The Morgan fingerprint density at radius 1 is 1.40 bits per heavy atom. The molecule has 0 spiro atoms. The fraction of sp³-hybridized carbons (Fsp3) is 0.467. The Balaban J connectivity index is 2.08. The number of nitrogens with one attached hydrogen (secondary N) is 1. The summed E-state index contributed by atoms with van der Waals surface area (Å²) in [6, 6.07) is 3.65. The highest BCUT2D eigenvalue weighted by atomic mass is 16.5. The van der Waals surface area contributed by atoms with Gasteiger partial charge in [-0.1, -0.05) is 12.1 Å². The largest absolute Gasteiger partial charge is 0.456 e. The van der Waals surface area contributed by atoms with Crippen LogP contribution in [0.3, 0.4) is 0 Å². The molecule has 2 aromatic heterocycles. The van der Waals surface area contributed by atoms with Crippen molar-refractivity contribution in [3.05, 3.63) is 40.7 Å². The van der Waals surface area contributed by atoms with Crippen LogP contribution >= 0.6 is 0 Å². The highest BCUT2D eigenvalue weighted by molar-refractivity contribution is 5.91. The van der Waals surface area contributed by atoms with Crippen molar-refractivity contribution in [1.29, 1.82) is 0 Å². The summed E-state index contributed by atoms with van der Waals surface area (Å²) in [5, 5.41) is 6.79. The van der Waals surface area contributed by atoms with Crippen molar-refractivity contribution in [3.8, 4) is 0 Å². The van der Waals surface area contributed by atoms with Crippen LogP contribution < -0.4 is 5.32 Å². The summed E-state index contributed by atoms with van der Waals surface area (Å²) >= 11 is 0. The fourth-order valence-corrected chi connectivity index (χ4v) is 1.92. The van der Waals surface area contributed by atoms with Gasteiger partial charge in [0.15, 0.2) is 5.76 Å². The maximum absolute atomic E-state index is 11.9.